The first-order valence-electron chi connectivity index (χ1n) is 9.77. The molecular weight excluding hydrogens is 499 g/mol. The van der Waals surface area contributed by atoms with Crippen LogP contribution in [0.25, 0.3) is 0 Å². The third-order valence-electron chi connectivity index (χ3n) is 3.89. The highest BCUT2D eigenvalue weighted by atomic mass is 127. The highest BCUT2D eigenvalue weighted by Gasteiger charge is 2.12. The maximum atomic E-state index is 12.4. The number of benzene rings is 2. The fourth-order valence-electron chi connectivity index (χ4n) is 2.58. The lowest BCUT2D eigenvalue weighted by Crippen LogP contribution is -2.17. The number of halogens is 1. The molecule has 0 aliphatic heterocycles. The van der Waals surface area contributed by atoms with E-state index in [9.17, 15) is 4.79 Å². The van der Waals surface area contributed by atoms with Crippen LogP contribution in [0.4, 0.5) is 0 Å². The molecule has 2 aromatic rings. The predicted octanol–water partition coefficient (Wildman–Crippen LogP) is 4.65. The molecule has 1 amide bonds. The number of amides is 1. The fourth-order valence-corrected chi connectivity index (χ4v) is 3.36. The van der Waals surface area contributed by atoms with Crippen LogP contribution in [0.2, 0.25) is 0 Å². The van der Waals surface area contributed by atoms with Gasteiger partial charge < -0.3 is 18.9 Å². The Hall–Kier alpha value is -2.49. The van der Waals surface area contributed by atoms with Gasteiger partial charge in [0, 0.05) is 5.56 Å². The van der Waals surface area contributed by atoms with Gasteiger partial charge in [-0.2, -0.15) is 5.10 Å². The van der Waals surface area contributed by atoms with Gasteiger partial charge in [0.25, 0.3) is 5.91 Å². The Balaban J connectivity index is 2.12. The van der Waals surface area contributed by atoms with Crippen LogP contribution >= 0.6 is 22.6 Å². The zero-order valence-electron chi connectivity index (χ0n) is 17.7. The minimum Gasteiger partial charge on any atom is -0.493 e. The third-order valence-corrected chi connectivity index (χ3v) is 4.69. The zero-order chi connectivity index (χ0) is 21.9. The summed E-state index contributed by atoms with van der Waals surface area (Å²) in [6.07, 6.45) is 2.45. The van der Waals surface area contributed by atoms with Gasteiger partial charge in [-0.15, -0.1) is 0 Å². The number of carbonyl (C=O) groups excluding carboxylic acids is 1. The van der Waals surface area contributed by atoms with Gasteiger partial charge in [-0.05, 0) is 78.8 Å². The smallest absolute Gasteiger partial charge is 0.271 e. The summed E-state index contributed by atoms with van der Waals surface area (Å²) >= 11 is 2.19. The maximum Gasteiger partial charge on any atom is 0.271 e. The van der Waals surface area contributed by atoms with E-state index >= 15 is 0 Å². The largest absolute Gasteiger partial charge is 0.493 e. The molecule has 0 aliphatic rings. The molecule has 162 valence electrons. The van der Waals surface area contributed by atoms with Crippen LogP contribution in [0.3, 0.4) is 0 Å². The lowest BCUT2D eigenvalue weighted by atomic mass is 10.2. The van der Waals surface area contributed by atoms with E-state index in [1.54, 1.807) is 24.4 Å². The number of ether oxygens (including phenoxy) is 4. The molecule has 0 heterocycles. The highest BCUT2D eigenvalue weighted by Crippen LogP contribution is 2.34. The van der Waals surface area contributed by atoms with Gasteiger partial charge in [0.15, 0.2) is 23.0 Å². The number of nitrogens with zero attached hydrogens (tertiary/aromatic N) is 1. The lowest BCUT2D eigenvalue weighted by molar-refractivity contribution is 0.0954. The first-order valence-corrected chi connectivity index (χ1v) is 10.8. The molecule has 8 heteroatoms. The van der Waals surface area contributed by atoms with Crippen molar-refractivity contribution in [2.75, 3.05) is 26.9 Å². The van der Waals surface area contributed by atoms with Crippen LogP contribution in [-0.4, -0.2) is 39.1 Å². The predicted molar refractivity (Wildman–Crippen MR) is 125 cm³/mol. The summed E-state index contributed by atoms with van der Waals surface area (Å²) < 4.78 is 23.2. The molecule has 1 N–H and O–H groups in total. The van der Waals surface area contributed by atoms with E-state index in [0.29, 0.717) is 48.4 Å². The molecule has 0 aliphatic carbocycles. The van der Waals surface area contributed by atoms with Gasteiger partial charge in [0.05, 0.1) is 36.7 Å². The number of hydrogen-bond donors (Lipinski definition) is 1. The summed E-state index contributed by atoms with van der Waals surface area (Å²) in [5, 5.41) is 4.07. The number of nitrogens with one attached hydrogen (secondary N) is 1. The van der Waals surface area contributed by atoms with Gasteiger partial charge in [-0.3, -0.25) is 4.79 Å². The number of carbonyl (C=O) groups is 1. The van der Waals surface area contributed by atoms with Crippen molar-refractivity contribution < 1.29 is 23.7 Å². The van der Waals surface area contributed by atoms with Crippen LogP contribution in [0.15, 0.2) is 35.4 Å². The van der Waals surface area contributed by atoms with Gasteiger partial charge in [-0.25, -0.2) is 5.43 Å². The molecule has 0 radical (unpaired) electrons. The number of methoxy groups -OCH3 is 1. The maximum absolute atomic E-state index is 12.4. The van der Waals surface area contributed by atoms with Gasteiger partial charge in [-0.1, -0.05) is 6.92 Å². The van der Waals surface area contributed by atoms with Crippen LogP contribution < -0.4 is 24.4 Å². The van der Waals surface area contributed by atoms with E-state index in [1.165, 1.54) is 7.11 Å². The Bertz CT molecular complexity index is 886. The molecule has 0 saturated heterocycles. The van der Waals surface area contributed by atoms with Crippen LogP contribution in [0, 0.1) is 3.57 Å². The average Bonchev–Trinajstić information content (AvgIpc) is 2.74. The average molecular weight is 526 g/mol. The standard InChI is InChI=1S/C22H27IN2O5/c1-5-10-30-18-9-8-16(13-19(18)27-4)22(26)25-24-14-15-11-17(23)21(29-7-3)20(12-15)28-6-2/h8-9,11-14H,5-7,10H2,1-4H3,(H,25,26)/b24-14+. The summed E-state index contributed by atoms with van der Waals surface area (Å²) in [5.74, 6) is 2.11. The molecule has 0 bridgehead atoms. The van der Waals surface area contributed by atoms with E-state index in [1.807, 2.05) is 32.9 Å². The second-order valence-corrected chi connectivity index (χ2v) is 7.27. The highest BCUT2D eigenvalue weighted by molar-refractivity contribution is 14.1. The topological polar surface area (TPSA) is 78.4 Å². The summed E-state index contributed by atoms with van der Waals surface area (Å²) in [5.41, 5.74) is 3.74. The van der Waals surface area contributed by atoms with Crippen LogP contribution in [0.1, 0.15) is 43.1 Å². The Labute approximate surface area is 190 Å². The number of hydrogen-bond acceptors (Lipinski definition) is 6. The number of hydrazone groups is 1. The van der Waals surface area contributed by atoms with Gasteiger partial charge in [0.1, 0.15) is 0 Å². The second-order valence-electron chi connectivity index (χ2n) is 6.11. The monoisotopic (exact) mass is 526 g/mol. The van der Waals surface area contributed by atoms with Crippen LogP contribution in [0.5, 0.6) is 23.0 Å². The normalized spacial score (nSPS) is 10.7. The van der Waals surface area contributed by atoms with E-state index in [0.717, 1.165) is 15.6 Å². The van der Waals surface area contributed by atoms with E-state index in [2.05, 4.69) is 33.1 Å². The van der Waals surface area contributed by atoms with Crippen molar-refractivity contribution in [3.05, 3.63) is 45.0 Å². The Morgan fingerprint density at radius 3 is 2.47 bits per heavy atom. The van der Waals surface area contributed by atoms with Crippen molar-refractivity contribution in [3.8, 4) is 23.0 Å². The van der Waals surface area contributed by atoms with Crippen molar-refractivity contribution in [2.45, 2.75) is 27.2 Å². The molecule has 0 fully saturated rings. The summed E-state index contributed by atoms with van der Waals surface area (Å²) in [4.78, 5) is 12.4. The van der Waals surface area contributed by atoms with E-state index < -0.39 is 0 Å². The van der Waals surface area contributed by atoms with E-state index in [4.69, 9.17) is 18.9 Å². The summed E-state index contributed by atoms with van der Waals surface area (Å²) in [6, 6.07) is 8.76. The summed E-state index contributed by atoms with van der Waals surface area (Å²) in [7, 11) is 1.54. The molecule has 0 unspecified atom stereocenters. The van der Waals surface area contributed by atoms with Crippen molar-refractivity contribution in [1.82, 2.24) is 5.43 Å². The van der Waals surface area contributed by atoms with Crippen LogP contribution in [-0.2, 0) is 0 Å². The molecular formula is C22H27IN2O5. The van der Waals surface area contributed by atoms with Crippen molar-refractivity contribution in [2.24, 2.45) is 5.10 Å². The van der Waals surface area contributed by atoms with Crippen molar-refractivity contribution in [3.63, 3.8) is 0 Å². The number of rotatable bonds is 11. The Morgan fingerprint density at radius 1 is 1.03 bits per heavy atom. The molecule has 2 aromatic carbocycles. The molecule has 2 rings (SSSR count). The third kappa shape index (κ3) is 6.51. The first kappa shape index (κ1) is 23.8. The van der Waals surface area contributed by atoms with Crippen molar-refractivity contribution in [1.29, 1.82) is 0 Å². The molecule has 0 spiro atoms. The first-order chi connectivity index (χ1) is 14.5. The fraction of sp³-hybridized carbons (Fsp3) is 0.364. The molecule has 7 nitrogen and oxygen atoms in total. The minimum absolute atomic E-state index is 0.350. The lowest BCUT2D eigenvalue weighted by Gasteiger charge is -2.13. The van der Waals surface area contributed by atoms with E-state index in [-0.39, 0.29) is 5.91 Å². The Morgan fingerprint density at radius 2 is 1.80 bits per heavy atom. The summed E-state index contributed by atoms with van der Waals surface area (Å²) in [6.45, 7) is 7.51. The molecule has 0 atom stereocenters. The van der Waals surface area contributed by atoms with Gasteiger partial charge >= 0.3 is 0 Å². The minimum atomic E-state index is -0.350. The molecule has 30 heavy (non-hydrogen) atoms. The quantitative estimate of drug-likeness (QED) is 0.262. The Kier molecular flexibility index (Phi) is 9.72. The SMILES string of the molecule is CCCOc1ccc(C(=O)N/N=C/c2cc(I)c(OCC)c(OCC)c2)cc1OC. The molecule has 0 saturated carbocycles. The molecule has 0 aromatic heterocycles. The second kappa shape index (κ2) is 12.3. The zero-order valence-corrected chi connectivity index (χ0v) is 19.8. The van der Waals surface area contributed by atoms with Crippen molar-refractivity contribution >= 4 is 34.7 Å². The van der Waals surface area contributed by atoms with Gasteiger partial charge in [0.2, 0.25) is 0 Å².